The predicted molar refractivity (Wildman–Crippen MR) is 89.5 cm³/mol. The van der Waals surface area contributed by atoms with E-state index >= 15 is 0 Å². The van der Waals surface area contributed by atoms with Crippen LogP contribution in [0.3, 0.4) is 0 Å². The van der Waals surface area contributed by atoms with Crippen molar-refractivity contribution < 1.29 is 9.53 Å². The fraction of sp³-hybridized carbons (Fsp3) is 0.526. The van der Waals surface area contributed by atoms with E-state index in [0.717, 1.165) is 36.2 Å². The minimum absolute atomic E-state index is 0.0605. The number of aldehydes is 1. The molecule has 0 aliphatic carbocycles. The summed E-state index contributed by atoms with van der Waals surface area (Å²) in [5.41, 5.74) is 2.80. The Bertz CT molecular complexity index is 481. The highest BCUT2D eigenvalue weighted by Gasteiger charge is 2.22. The summed E-state index contributed by atoms with van der Waals surface area (Å²) in [6.45, 7) is 13.2. The lowest BCUT2D eigenvalue weighted by atomic mass is 9.83. The van der Waals surface area contributed by atoms with Crippen LogP contribution in [-0.2, 0) is 11.8 Å². The molecule has 0 radical (unpaired) electrons. The van der Waals surface area contributed by atoms with Gasteiger partial charge in [-0.2, -0.15) is 0 Å². The zero-order valence-corrected chi connectivity index (χ0v) is 13.9. The van der Waals surface area contributed by atoms with E-state index in [0.29, 0.717) is 12.0 Å². The molecule has 0 aromatic heterocycles. The molecule has 0 spiro atoms. The highest BCUT2D eigenvalue weighted by Crippen LogP contribution is 2.35. The van der Waals surface area contributed by atoms with Crippen molar-refractivity contribution in [2.24, 2.45) is 0 Å². The summed E-state index contributed by atoms with van der Waals surface area (Å²) >= 11 is 0. The molecule has 1 aromatic rings. The van der Waals surface area contributed by atoms with Crippen LogP contribution in [0, 0.1) is 0 Å². The predicted octanol–water partition coefficient (Wildman–Crippen LogP) is 5.09. The smallest absolute Gasteiger partial charge is 0.150 e. The number of ether oxygens (including phenoxy) is 1. The first-order chi connectivity index (χ1) is 9.93. The lowest BCUT2D eigenvalue weighted by Gasteiger charge is -2.25. The minimum atomic E-state index is -0.0605. The van der Waals surface area contributed by atoms with Gasteiger partial charge in [0.25, 0.3) is 0 Å². The van der Waals surface area contributed by atoms with Crippen LogP contribution < -0.4 is 4.74 Å². The molecule has 0 saturated carbocycles. The van der Waals surface area contributed by atoms with Gasteiger partial charge < -0.3 is 4.74 Å². The Morgan fingerprint density at radius 1 is 1.24 bits per heavy atom. The zero-order chi connectivity index (χ0) is 15.9. The zero-order valence-electron chi connectivity index (χ0n) is 13.9. The normalized spacial score (nSPS) is 11.2. The summed E-state index contributed by atoms with van der Waals surface area (Å²) in [5, 5.41) is 0. The maximum Gasteiger partial charge on any atom is 0.150 e. The Balaban J connectivity index is 3.20. The average molecular weight is 288 g/mol. The first-order valence-electron chi connectivity index (χ1n) is 7.80. The topological polar surface area (TPSA) is 26.3 Å². The van der Waals surface area contributed by atoms with Gasteiger partial charge in [0.2, 0.25) is 0 Å². The summed E-state index contributed by atoms with van der Waals surface area (Å²) in [4.78, 5) is 11.2. The first-order valence-corrected chi connectivity index (χ1v) is 7.80. The summed E-state index contributed by atoms with van der Waals surface area (Å²) in [7, 11) is 0. The van der Waals surface area contributed by atoms with Gasteiger partial charge in [-0.25, -0.2) is 0 Å². The van der Waals surface area contributed by atoms with E-state index in [4.69, 9.17) is 4.74 Å². The quantitative estimate of drug-likeness (QED) is 0.378. The molecule has 2 heteroatoms. The molecule has 0 heterocycles. The first kappa shape index (κ1) is 17.5. The number of hydrogen-bond acceptors (Lipinski definition) is 2. The van der Waals surface area contributed by atoms with E-state index in [2.05, 4.69) is 34.3 Å². The Kier molecular flexibility index (Phi) is 6.67. The lowest BCUT2D eigenvalue weighted by Crippen LogP contribution is -2.16. The highest BCUT2D eigenvalue weighted by molar-refractivity contribution is 5.77. The van der Waals surface area contributed by atoms with Gasteiger partial charge in [0.05, 0.1) is 6.61 Å². The van der Waals surface area contributed by atoms with Crippen LogP contribution in [0.15, 0.2) is 24.8 Å². The second kappa shape index (κ2) is 8.02. The third-order valence-corrected chi connectivity index (χ3v) is 3.49. The molecule has 116 valence electrons. The number of carbonyl (C=O) groups is 1. The molecule has 1 rings (SSSR count). The molecule has 0 unspecified atom stereocenters. The van der Waals surface area contributed by atoms with E-state index < -0.39 is 0 Å². The largest absolute Gasteiger partial charge is 0.493 e. The number of rotatable bonds is 8. The monoisotopic (exact) mass is 288 g/mol. The van der Waals surface area contributed by atoms with Crippen molar-refractivity contribution in [1.82, 2.24) is 0 Å². The van der Waals surface area contributed by atoms with Crippen molar-refractivity contribution in [2.75, 3.05) is 6.61 Å². The van der Waals surface area contributed by atoms with Crippen LogP contribution in [0.4, 0.5) is 0 Å². The van der Waals surface area contributed by atoms with Gasteiger partial charge in [-0.3, -0.25) is 4.79 Å². The van der Waals surface area contributed by atoms with Crippen LogP contribution in [0.5, 0.6) is 5.75 Å². The van der Waals surface area contributed by atoms with Crippen molar-refractivity contribution in [3.8, 4) is 5.75 Å². The maximum absolute atomic E-state index is 11.2. The molecular weight excluding hydrogens is 260 g/mol. The van der Waals surface area contributed by atoms with Gasteiger partial charge in [-0.05, 0) is 36.0 Å². The molecule has 0 fully saturated rings. The van der Waals surface area contributed by atoms with E-state index in [1.54, 1.807) is 0 Å². The van der Waals surface area contributed by atoms with Gasteiger partial charge in [-0.1, -0.05) is 46.6 Å². The molecule has 0 saturated heterocycles. The average Bonchev–Trinajstić information content (AvgIpc) is 2.43. The molecular formula is C19H28O2. The van der Waals surface area contributed by atoms with Gasteiger partial charge in [-0.15, -0.1) is 6.58 Å². The summed E-state index contributed by atoms with van der Waals surface area (Å²) in [6.07, 6.45) is 6.89. The van der Waals surface area contributed by atoms with Crippen LogP contribution in [0.25, 0.3) is 0 Å². The number of unbranched alkanes of at least 4 members (excludes halogenated alkanes) is 2. The van der Waals surface area contributed by atoms with Gasteiger partial charge in [0.1, 0.15) is 12.0 Å². The Labute approximate surface area is 129 Å². The van der Waals surface area contributed by atoms with Crippen molar-refractivity contribution in [3.05, 3.63) is 41.5 Å². The fourth-order valence-electron chi connectivity index (χ4n) is 2.34. The van der Waals surface area contributed by atoms with E-state index in [1.807, 2.05) is 18.2 Å². The lowest BCUT2D eigenvalue weighted by molar-refractivity contribution is 0.112. The molecule has 0 N–H and O–H groups in total. The molecule has 0 atom stereocenters. The third-order valence-electron chi connectivity index (χ3n) is 3.49. The van der Waals surface area contributed by atoms with Crippen LogP contribution in [0.2, 0.25) is 0 Å². The van der Waals surface area contributed by atoms with Crippen molar-refractivity contribution in [1.29, 1.82) is 0 Å². The highest BCUT2D eigenvalue weighted by atomic mass is 16.5. The molecule has 0 aliphatic heterocycles. The minimum Gasteiger partial charge on any atom is -0.493 e. The molecule has 0 bridgehead atoms. The van der Waals surface area contributed by atoms with Crippen molar-refractivity contribution in [3.63, 3.8) is 0 Å². The third kappa shape index (κ3) is 5.04. The number of hydrogen-bond donors (Lipinski definition) is 0. The fourth-order valence-corrected chi connectivity index (χ4v) is 2.34. The second-order valence-corrected chi connectivity index (χ2v) is 6.47. The van der Waals surface area contributed by atoms with Crippen molar-refractivity contribution in [2.45, 2.75) is 58.8 Å². The maximum atomic E-state index is 11.2. The molecule has 0 amide bonds. The van der Waals surface area contributed by atoms with E-state index in [1.165, 1.54) is 12.8 Å². The van der Waals surface area contributed by atoms with Crippen molar-refractivity contribution >= 4 is 6.29 Å². The van der Waals surface area contributed by atoms with Crippen LogP contribution in [0.1, 0.15) is 68.4 Å². The summed E-state index contributed by atoms with van der Waals surface area (Å²) in [6, 6.07) is 3.87. The molecule has 21 heavy (non-hydrogen) atoms. The number of benzene rings is 1. The van der Waals surface area contributed by atoms with Crippen LogP contribution in [-0.4, -0.2) is 12.9 Å². The SMILES string of the molecule is C=CCc1cc(C=O)cc(C(C)(C)C)c1OCCCCC. The summed E-state index contributed by atoms with van der Waals surface area (Å²) in [5.74, 6) is 0.934. The number of carbonyl (C=O) groups excluding carboxylic acids is 1. The Morgan fingerprint density at radius 3 is 2.48 bits per heavy atom. The molecule has 2 nitrogen and oxygen atoms in total. The Hall–Kier alpha value is -1.57. The standard InChI is InChI=1S/C19H28O2/c1-6-8-9-11-21-18-16(10-7-2)12-15(14-20)13-17(18)19(3,4)5/h7,12-14H,2,6,8-11H2,1,3-5H3. The van der Waals surface area contributed by atoms with Crippen LogP contribution >= 0.6 is 0 Å². The summed E-state index contributed by atoms with van der Waals surface area (Å²) < 4.78 is 6.09. The van der Waals surface area contributed by atoms with E-state index in [-0.39, 0.29) is 5.41 Å². The Morgan fingerprint density at radius 2 is 1.95 bits per heavy atom. The molecule has 1 aromatic carbocycles. The van der Waals surface area contributed by atoms with Gasteiger partial charge in [0, 0.05) is 11.1 Å². The van der Waals surface area contributed by atoms with E-state index in [9.17, 15) is 4.79 Å². The number of allylic oxidation sites excluding steroid dienone is 1. The van der Waals surface area contributed by atoms with Gasteiger partial charge in [0.15, 0.2) is 0 Å². The second-order valence-electron chi connectivity index (χ2n) is 6.47. The molecule has 0 aliphatic rings. The van der Waals surface area contributed by atoms with Gasteiger partial charge >= 0.3 is 0 Å².